The number of carbonyl (C=O) groups excluding carboxylic acids is 1. The Balaban J connectivity index is 1.81. The summed E-state index contributed by atoms with van der Waals surface area (Å²) in [6, 6.07) is 10.7. The van der Waals surface area contributed by atoms with Crippen LogP contribution in [-0.2, 0) is 4.79 Å². The van der Waals surface area contributed by atoms with Gasteiger partial charge in [-0.3, -0.25) is 4.79 Å². The molecule has 2 aromatic rings. The second-order valence-electron chi connectivity index (χ2n) is 4.05. The number of amides is 1. The summed E-state index contributed by atoms with van der Waals surface area (Å²) in [4.78, 5) is 16.0. The number of halogens is 1. The molecule has 0 unspecified atom stereocenters. The molecule has 0 saturated carbocycles. The molecule has 1 aromatic heterocycles. The Labute approximate surface area is 126 Å². The van der Waals surface area contributed by atoms with Crippen molar-refractivity contribution in [2.45, 2.75) is 11.4 Å². The van der Waals surface area contributed by atoms with Crippen LogP contribution in [0.15, 0.2) is 47.6 Å². The van der Waals surface area contributed by atoms with Gasteiger partial charge in [-0.15, -0.1) is 11.8 Å². The Bertz CT molecular complexity index is 592. The quantitative estimate of drug-likeness (QED) is 0.656. The summed E-state index contributed by atoms with van der Waals surface area (Å²) < 4.78 is 0. The summed E-state index contributed by atoms with van der Waals surface area (Å²) in [5, 5.41) is 4.11. The molecule has 2 rings (SSSR count). The number of carbonyl (C=O) groups is 1. The zero-order valence-electron chi connectivity index (χ0n) is 10.7. The van der Waals surface area contributed by atoms with Crippen LogP contribution in [0.25, 0.3) is 0 Å². The van der Waals surface area contributed by atoms with Gasteiger partial charge < -0.3 is 11.1 Å². The average Bonchev–Trinajstić information content (AvgIpc) is 2.43. The minimum Gasteiger partial charge on any atom is -0.399 e. The zero-order valence-corrected chi connectivity index (χ0v) is 12.2. The minimum absolute atomic E-state index is 0.0832. The van der Waals surface area contributed by atoms with Gasteiger partial charge in [0, 0.05) is 24.1 Å². The van der Waals surface area contributed by atoms with Crippen molar-refractivity contribution in [3.05, 3.63) is 47.6 Å². The fourth-order valence-electron chi connectivity index (χ4n) is 1.53. The third-order valence-corrected chi connectivity index (χ3v) is 3.74. The van der Waals surface area contributed by atoms with Crippen LogP contribution in [0.2, 0.25) is 5.02 Å². The summed E-state index contributed by atoms with van der Waals surface area (Å²) in [7, 11) is 0. The topological polar surface area (TPSA) is 68.0 Å². The largest absolute Gasteiger partial charge is 0.399 e. The molecule has 0 fully saturated rings. The van der Waals surface area contributed by atoms with E-state index in [0.29, 0.717) is 28.6 Å². The van der Waals surface area contributed by atoms with Gasteiger partial charge in [0.25, 0.3) is 0 Å². The Hall–Kier alpha value is -1.72. The second-order valence-corrected chi connectivity index (χ2v) is 5.58. The lowest BCUT2D eigenvalue weighted by atomic mass is 10.3. The standard InChI is InChI=1S/C14H14ClN3OS/c15-11-9-10(16)4-5-12(11)18-13(19)6-8-20-14-3-1-2-7-17-14/h1-5,7,9H,6,8,16H2,(H,18,19). The van der Waals surface area contributed by atoms with Gasteiger partial charge in [0.1, 0.15) is 0 Å². The number of anilines is 2. The molecule has 3 N–H and O–H groups in total. The first-order valence-corrected chi connectivity index (χ1v) is 7.40. The van der Waals surface area contributed by atoms with Gasteiger partial charge in [-0.2, -0.15) is 0 Å². The third-order valence-electron chi connectivity index (χ3n) is 2.48. The first kappa shape index (κ1) is 14.7. The lowest BCUT2D eigenvalue weighted by molar-refractivity contribution is -0.115. The van der Waals surface area contributed by atoms with E-state index in [4.69, 9.17) is 17.3 Å². The summed E-state index contributed by atoms with van der Waals surface area (Å²) in [6.45, 7) is 0. The first-order chi connectivity index (χ1) is 9.65. The van der Waals surface area contributed by atoms with E-state index >= 15 is 0 Å². The number of thioether (sulfide) groups is 1. The van der Waals surface area contributed by atoms with Crippen molar-refractivity contribution in [1.29, 1.82) is 0 Å². The normalized spacial score (nSPS) is 10.2. The number of nitrogens with two attached hydrogens (primary N) is 1. The smallest absolute Gasteiger partial charge is 0.225 e. The van der Waals surface area contributed by atoms with Crippen molar-refractivity contribution in [3.63, 3.8) is 0 Å². The van der Waals surface area contributed by atoms with Crippen molar-refractivity contribution < 1.29 is 4.79 Å². The number of nitrogens with zero attached hydrogens (tertiary/aromatic N) is 1. The van der Waals surface area contributed by atoms with Crippen molar-refractivity contribution >= 4 is 40.6 Å². The van der Waals surface area contributed by atoms with E-state index in [-0.39, 0.29) is 5.91 Å². The molecule has 104 valence electrons. The Kier molecular flexibility index (Phi) is 5.26. The molecule has 0 aliphatic heterocycles. The SMILES string of the molecule is Nc1ccc(NC(=O)CCSc2ccccn2)c(Cl)c1. The van der Waals surface area contributed by atoms with Crippen LogP contribution in [-0.4, -0.2) is 16.6 Å². The van der Waals surface area contributed by atoms with Crippen LogP contribution >= 0.6 is 23.4 Å². The van der Waals surface area contributed by atoms with Gasteiger partial charge in [-0.05, 0) is 30.3 Å². The molecule has 20 heavy (non-hydrogen) atoms. The maximum absolute atomic E-state index is 11.8. The minimum atomic E-state index is -0.0832. The molecule has 1 heterocycles. The molecule has 0 spiro atoms. The zero-order chi connectivity index (χ0) is 14.4. The number of pyridine rings is 1. The van der Waals surface area contributed by atoms with Gasteiger partial charge in [0.15, 0.2) is 0 Å². The van der Waals surface area contributed by atoms with Crippen LogP contribution < -0.4 is 11.1 Å². The lowest BCUT2D eigenvalue weighted by Crippen LogP contribution is -2.12. The molecule has 1 amide bonds. The van der Waals surface area contributed by atoms with Crippen LogP contribution in [0.1, 0.15) is 6.42 Å². The molecule has 0 aliphatic carbocycles. The van der Waals surface area contributed by atoms with Gasteiger partial charge >= 0.3 is 0 Å². The highest BCUT2D eigenvalue weighted by molar-refractivity contribution is 7.99. The highest BCUT2D eigenvalue weighted by atomic mass is 35.5. The molecule has 0 saturated heterocycles. The molecule has 4 nitrogen and oxygen atoms in total. The van der Waals surface area contributed by atoms with E-state index in [0.717, 1.165) is 5.03 Å². The number of nitrogens with one attached hydrogen (secondary N) is 1. The van der Waals surface area contributed by atoms with E-state index in [2.05, 4.69) is 10.3 Å². The molecule has 6 heteroatoms. The highest BCUT2D eigenvalue weighted by Crippen LogP contribution is 2.24. The van der Waals surface area contributed by atoms with Crippen LogP contribution in [0.3, 0.4) is 0 Å². The first-order valence-electron chi connectivity index (χ1n) is 6.04. The molecule has 0 bridgehead atoms. The third kappa shape index (κ3) is 4.43. The van der Waals surface area contributed by atoms with Crippen LogP contribution in [0.4, 0.5) is 11.4 Å². The second kappa shape index (κ2) is 7.17. The van der Waals surface area contributed by atoms with Gasteiger partial charge in [0.2, 0.25) is 5.91 Å². The Morgan fingerprint density at radius 1 is 1.35 bits per heavy atom. The fraction of sp³-hybridized carbons (Fsp3) is 0.143. The van der Waals surface area contributed by atoms with E-state index in [1.807, 2.05) is 18.2 Å². The van der Waals surface area contributed by atoms with Crippen LogP contribution in [0.5, 0.6) is 0 Å². The van der Waals surface area contributed by atoms with Crippen molar-refractivity contribution in [2.24, 2.45) is 0 Å². The lowest BCUT2D eigenvalue weighted by Gasteiger charge is -2.07. The predicted octanol–water partition coefficient (Wildman–Crippen LogP) is 3.44. The van der Waals surface area contributed by atoms with E-state index < -0.39 is 0 Å². The number of aromatic nitrogens is 1. The van der Waals surface area contributed by atoms with Gasteiger partial charge in [-0.1, -0.05) is 17.7 Å². The number of rotatable bonds is 5. The summed E-state index contributed by atoms with van der Waals surface area (Å²) in [5.41, 5.74) is 6.74. The molecule has 0 aliphatic rings. The number of hydrogen-bond donors (Lipinski definition) is 2. The van der Waals surface area contributed by atoms with E-state index in [1.165, 1.54) is 0 Å². The summed E-state index contributed by atoms with van der Waals surface area (Å²) >= 11 is 7.53. The van der Waals surface area contributed by atoms with Gasteiger partial charge in [-0.25, -0.2) is 4.98 Å². The van der Waals surface area contributed by atoms with Crippen molar-refractivity contribution in [3.8, 4) is 0 Å². The molecule has 0 radical (unpaired) electrons. The molecular formula is C14H14ClN3OS. The van der Waals surface area contributed by atoms with Crippen molar-refractivity contribution in [2.75, 3.05) is 16.8 Å². The number of nitrogen functional groups attached to an aromatic ring is 1. The Morgan fingerprint density at radius 2 is 2.20 bits per heavy atom. The van der Waals surface area contributed by atoms with Crippen LogP contribution in [0, 0.1) is 0 Å². The summed E-state index contributed by atoms with van der Waals surface area (Å²) in [5.74, 6) is 0.579. The summed E-state index contributed by atoms with van der Waals surface area (Å²) in [6.07, 6.45) is 2.12. The maximum atomic E-state index is 11.8. The molecular weight excluding hydrogens is 294 g/mol. The number of hydrogen-bond acceptors (Lipinski definition) is 4. The van der Waals surface area contributed by atoms with Gasteiger partial charge in [0.05, 0.1) is 15.7 Å². The van der Waals surface area contributed by atoms with Crippen molar-refractivity contribution in [1.82, 2.24) is 4.98 Å². The van der Waals surface area contributed by atoms with E-state index in [1.54, 1.807) is 36.2 Å². The average molecular weight is 308 g/mol. The fourth-order valence-corrected chi connectivity index (χ4v) is 2.57. The predicted molar refractivity (Wildman–Crippen MR) is 84.1 cm³/mol. The monoisotopic (exact) mass is 307 g/mol. The number of benzene rings is 1. The molecule has 1 aromatic carbocycles. The van der Waals surface area contributed by atoms with E-state index in [9.17, 15) is 4.79 Å². The Morgan fingerprint density at radius 3 is 2.90 bits per heavy atom. The maximum Gasteiger partial charge on any atom is 0.225 e. The molecule has 0 atom stereocenters. The highest BCUT2D eigenvalue weighted by Gasteiger charge is 2.06.